The van der Waals surface area contributed by atoms with E-state index in [1.807, 2.05) is 12.1 Å². The van der Waals surface area contributed by atoms with Crippen LogP contribution in [0.5, 0.6) is 0 Å². The zero-order chi connectivity index (χ0) is 13.6. The molecule has 0 amide bonds. The van der Waals surface area contributed by atoms with Crippen molar-refractivity contribution < 1.29 is 0 Å². The molecule has 0 saturated heterocycles. The van der Waals surface area contributed by atoms with Crippen LogP contribution in [0.1, 0.15) is 16.7 Å². The molecule has 3 heteroatoms. The summed E-state index contributed by atoms with van der Waals surface area (Å²) in [6, 6.07) is 10.5. The van der Waals surface area contributed by atoms with Crippen LogP contribution < -0.4 is 5.73 Å². The van der Waals surface area contributed by atoms with Crippen molar-refractivity contribution in [3.63, 3.8) is 0 Å². The first-order valence-electron chi connectivity index (χ1n) is 6.29. The van der Waals surface area contributed by atoms with E-state index < -0.39 is 0 Å². The number of rotatable bonds is 1. The summed E-state index contributed by atoms with van der Waals surface area (Å²) in [4.78, 5) is 4.76. The van der Waals surface area contributed by atoms with Crippen molar-refractivity contribution >= 4 is 27.2 Å². The molecule has 0 spiro atoms. The molecular weight excluding hydrogens is 252 g/mol. The SMILES string of the molecule is Cc1ccc(N)c(-c2nc3c(C)cc(C)cc3s2)c1. The van der Waals surface area contributed by atoms with Gasteiger partial charge in [0.05, 0.1) is 10.2 Å². The minimum atomic E-state index is 0.791. The van der Waals surface area contributed by atoms with Crippen LogP contribution in [0, 0.1) is 20.8 Å². The van der Waals surface area contributed by atoms with Gasteiger partial charge in [0.25, 0.3) is 0 Å². The molecule has 0 aliphatic carbocycles. The van der Waals surface area contributed by atoms with Crippen molar-refractivity contribution in [2.24, 2.45) is 0 Å². The van der Waals surface area contributed by atoms with E-state index in [4.69, 9.17) is 10.7 Å². The summed E-state index contributed by atoms with van der Waals surface area (Å²) in [5.41, 5.74) is 12.7. The summed E-state index contributed by atoms with van der Waals surface area (Å²) in [5, 5.41) is 1.00. The van der Waals surface area contributed by atoms with Crippen molar-refractivity contribution in [2.75, 3.05) is 5.73 Å². The molecule has 2 aromatic carbocycles. The smallest absolute Gasteiger partial charge is 0.126 e. The number of fused-ring (bicyclic) bond motifs is 1. The average molecular weight is 268 g/mol. The number of nitrogens with two attached hydrogens (primary N) is 1. The van der Waals surface area contributed by atoms with Crippen molar-refractivity contribution in [1.82, 2.24) is 4.98 Å². The quantitative estimate of drug-likeness (QED) is 0.661. The van der Waals surface area contributed by atoms with E-state index in [1.165, 1.54) is 21.4 Å². The zero-order valence-corrected chi connectivity index (χ0v) is 12.1. The van der Waals surface area contributed by atoms with Gasteiger partial charge in [-0.1, -0.05) is 17.7 Å². The third-order valence-corrected chi connectivity index (χ3v) is 4.30. The number of aryl methyl sites for hydroxylation is 3. The van der Waals surface area contributed by atoms with Gasteiger partial charge in [-0.2, -0.15) is 0 Å². The van der Waals surface area contributed by atoms with Gasteiger partial charge >= 0.3 is 0 Å². The van der Waals surface area contributed by atoms with Crippen LogP contribution >= 0.6 is 11.3 Å². The summed E-state index contributed by atoms with van der Waals surface area (Å²) in [6.07, 6.45) is 0. The average Bonchev–Trinajstić information content (AvgIpc) is 2.76. The Morgan fingerprint density at radius 2 is 1.79 bits per heavy atom. The zero-order valence-electron chi connectivity index (χ0n) is 11.3. The maximum atomic E-state index is 6.08. The molecular formula is C16H16N2S. The Morgan fingerprint density at radius 1 is 1.00 bits per heavy atom. The van der Waals surface area contributed by atoms with E-state index in [-0.39, 0.29) is 0 Å². The van der Waals surface area contributed by atoms with Gasteiger partial charge in [-0.3, -0.25) is 0 Å². The summed E-state index contributed by atoms with van der Waals surface area (Å²) in [7, 11) is 0. The predicted molar refractivity (Wildman–Crippen MR) is 83.7 cm³/mol. The maximum Gasteiger partial charge on any atom is 0.126 e. The normalized spacial score (nSPS) is 11.1. The Hall–Kier alpha value is -1.87. The number of anilines is 1. The summed E-state index contributed by atoms with van der Waals surface area (Å²) in [6.45, 7) is 6.30. The van der Waals surface area contributed by atoms with Crippen LogP contribution in [0.25, 0.3) is 20.8 Å². The monoisotopic (exact) mass is 268 g/mol. The number of hydrogen-bond donors (Lipinski definition) is 1. The van der Waals surface area contributed by atoms with Gasteiger partial charge in [0.2, 0.25) is 0 Å². The fourth-order valence-corrected chi connectivity index (χ4v) is 3.52. The van der Waals surface area contributed by atoms with Crippen LogP contribution in [-0.2, 0) is 0 Å². The Labute approximate surface area is 116 Å². The molecule has 3 aromatic rings. The topological polar surface area (TPSA) is 38.9 Å². The molecule has 1 aromatic heterocycles. The van der Waals surface area contributed by atoms with Crippen LogP contribution in [0.3, 0.4) is 0 Å². The Bertz CT molecular complexity index is 772. The summed E-state index contributed by atoms with van der Waals surface area (Å²) in [5.74, 6) is 0. The van der Waals surface area contributed by atoms with Gasteiger partial charge in [-0.25, -0.2) is 4.98 Å². The number of nitrogens with zero attached hydrogens (tertiary/aromatic N) is 1. The summed E-state index contributed by atoms with van der Waals surface area (Å²) >= 11 is 1.71. The number of aromatic nitrogens is 1. The van der Waals surface area contributed by atoms with E-state index in [0.717, 1.165) is 21.8 Å². The van der Waals surface area contributed by atoms with Gasteiger partial charge in [-0.15, -0.1) is 11.3 Å². The van der Waals surface area contributed by atoms with Gasteiger partial charge in [0, 0.05) is 11.3 Å². The highest BCUT2D eigenvalue weighted by atomic mass is 32.1. The van der Waals surface area contributed by atoms with Crippen LogP contribution in [-0.4, -0.2) is 4.98 Å². The molecule has 0 bridgehead atoms. The standard InChI is InChI=1S/C16H16N2S/c1-9-4-5-13(17)12(7-9)16-18-15-11(3)6-10(2)8-14(15)19-16/h4-8H,17H2,1-3H3. The van der Waals surface area contributed by atoms with Crippen LogP contribution in [0.2, 0.25) is 0 Å². The highest BCUT2D eigenvalue weighted by Gasteiger charge is 2.11. The van der Waals surface area contributed by atoms with Crippen LogP contribution in [0.4, 0.5) is 5.69 Å². The fourth-order valence-electron chi connectivity index (χ4n) is 2.34. The molecule has 0 radical (unpaired) electrons. The minimum Gasteiger partial charge on any atom is -0.398 e. The largest absolute Gasteiger partial charge is 0.398 e. The second-order valence-corrected chi connectivity index (χ2v) is 6.07. The van der Waals surface area contributed by atoms with Crippen molar-refractivity contribution in [3.8, 4) is 10.6 Å². The molecule has 0 atom stereocenters. The first kappa shape index (κ1) is 12.2. The Morgan fingerprint density at radius 3 is 2.58 bits per heavy atom. The van der Waals surface area contributed by atoms with Crippen LogP contribution in [0.15, 0.2) is 30.3 Å². The molecule has 19 heavy (non-hydrogen) atoms. The second kappa shape index (κ2) is 4.35. The predicted octanol–water partition coefficient (Wildman–Crippen LogP) is 4.47. The van der Waals surface area contributed by atoms with Gasteiger partial charge in [0.15, 0.2) is 0 Å². The number of thiazole rings is 1. The molecule has 3 rings (SSSR count). The number of hydrogen-bond acceptors (Lipinski definition) is 3. The first-order valence-corrected chi connectivity index (χ1v) is 7.10. The minimum absolute atomic E-state index is 0.791. The fraction of sp³-hybridized carbons (Fsp3) is 0.188. The Balaban J connectivity index is 2.26. The molecule has 0 aliphatic heterocycles. The maximum absolute atomic E-state index is 6.08. The number of nitrogen functional groups attached to an aromatic ring is 1. The third kappa shape index (κ3) is 2.10. The third-order valence-electron chi connectivity index (χ3n) is 3.27. The molecule has 0 fully saturated rings. The summed E-state index contributed by atoms with van der Waals surface area (Å²) < 4.78 is 1.23. The van der Waals surface area contributed by atoms with E-state index in [9.17, 15) is 0 Å². The molecule has 96 valence electrons. The molecule has 2 nitrogen and oxygen atoms in total. The van der Waals surface area contributed by atoms with Crippen molar-refractivity contribution in [1.29, 1.82) is 0 Å². The molecule has 0 saturated carbocycles. The van der Waals surface area contributed by atoms with E-state index in [1.54, 1.807) is 11.3 Å². The molecule has 0 unspecified atom stereocenters. The molecule has 0 aliphatic rings. The van der Waals surface area contributed by atoms with E-state index >= 15 is 0 Å². The Kier molecular flexibility index (Phi) is 2.79. The molecule has 1 heterocycles. The molecule has 2 N–H and O–H groups in total. The van der Waals surface area contributed by atoms with Gasteiger partial charge < -0.3 is 5.73 Å². The highest BCUT2D eigenvalue weighted by molar-refractivity contribution is 7.21. The van der Waals surface area contributed by atoms with Crippen molar-refractivity contribution in [2.45, 2.75) is 20.8 Å². The van der Waals surface area contributed by atoms with Gasteiger partial charge in [0.1, 0.15) is 5.01 Å². The van der Waals surface area contributed by atoms with Gasteiger partial charge in [-0.05, 0) is 50.1 Å². The van der Waals surface area contributed by atoms with Crippen molar-refractivity contribution in [3.05, 3.63) is 47.0 Å². The number of benzene rings is 2. The lowest BCUT2D eigenvalue weighted by molar-refractivity contribution is 1.38. The second-order valence-electron chi connectivity index (χ2n) is 5.04. The first-order chi connectivity index (χ1) is 9.04. The van der Waals surface area contributed by atoms with E-state index in [0.29, 0.717) is 0 Å². The lowest BCUT2D eigenvalue weighted by Gasteiger charge is -2.02. The lowest BCUT2D eigenvalue weighted by Crippen LogP contribution is -1.90. The van der Waals surface area contributed by atoms with E-state index in [2.05, 4.69) is 39.0 Å². The highest BCUT2D eigenvalue weighted by Crippen LogP contribution is 2.35. The lowest BCUT2D eigenvalue weighted by atomic mass is 10.1.